The highest BCUT2D eigenvalue weighted by atomic mass is 32.2. The van der Waals surface area contributed by atoms with E-state index in [1.807, 2.05) is 25.6 Å². The average molecular weight is 183 g/mol. The summed E-state index contributed by atoms with van der Waals surface area (Å²) in [7, 11) is 0. The molecule has 1 aliphatic rings. The Bertz CT molecular complexity index is 263. The standard InChI is InChI=1S/C8H9NS.C2H6.H2/c1-6-2-3-7-8(4-6)10-5-9-7;1-2;/h2-4,9H,5H2,1H3;1-2H3;1H. The summed E-state index contributed by atoms with van der Waals surface area (Å²) in [5, 5.41) is 3.29. The van der Waals surface area contributed by atoms with Crippen LogP contribution in [0.3, 0.4) is 0 Å². The van der Waals surface area contributed by atoms with Crippen LogP contribution < -0.4 is 5.32 Å². The average Bonchev–Trinajstić information content (AvgIpc) is 2.54. The molecule has 1 aromatic rings. The normalized spacial score (nSPS) is 12.6. The van der Waals surface area contributed by atoms with Crippen molar-refractivity contribution in [3.05, 3.63) is 23.8 Å². The van der Waals surface area contributed by atoms with Gasteiger partial charge in [-0.3, -0.25) is 0 Å². The van der Waals surface area contributed by atoms with Crippen LogP contribution in [0.5, 0.6) is 0 Å². The predicted octanol–water partition coefficient (Wildman–Crippen LogP) is 3.74. The van der Waals surface area contributed by atoms with Crippen LogP contribution in [0.1, 0.15) is 20.8 Å². The number of hydrogen-bond donors (Lipinski definition) is 1. The third kappa shape index (κ3) is 1.95. The van der Waals surface area contributed by atoms with E-state index in [4.69, 9.17) is 0 Å². The van der Waals surface area contributed by atoms with Crippen molar-refractivity contribution in [3.63, 3.8) is 0 Å². The zero-order valence-corrected chi connectivity index (χ0v) is 8.66. The molecule has 0 unspecified atom stereocenters. The van der Waals surface area contributed by atoms with E-state index < -0.39 is 0 Å². The Kier molecular flexibility index (Phi) is 3.48. The van der Waals surface area contributed by atoms with Gasteiger partial charge in [0.1, 0.15) is 0 Å². The molecular weight excluding hydrogens is 166 g/mol. The lowest BCUT2D eigenvalue weighted by molar-refractivity contribution is 1.36. The zero-order chi connectivity index (χ0) is 8.97. The van der Waals surface area contributed by atoms with Gasteiger partial charge < -0.3 is 5.32 Å². The fourth-order valence-corrected chi connectivity index (χ4v) is 2.03. The molecule has 2 heteroatoms. The van der Waals surface area contributed by atoms with Crippen molar-refractivity contribution in [1.29, 1.82) is 0 Å². The maximum atomic E-state index is 3.29. The van der Waals surface area contributed by atoms with Crippen molar-refractivity contribution in [1.82, 2.24) is 0 Å². The molecule has 0 bridgehead atoms. The summed E-state index contributed by atoms with van der Waals surface area (Å²) >= 11 is 1.87. The zero-order valence-electron chi connectivity index (χ0n) is 7.85. The fraction of sp³-hybridized carbons (Fsp3) is 0.400. The van der Waals surface area contributed by atoms with E-state index in [9.17, 15) is 0 Å². The van der Waals surface area contributed by atoms with Gasteiger partial charge in [0.25, 0.3) is 0 Å². The first kappa shape index (κ1) is 9.46. The Morgan fingerprint density at radius 3 is 2.92 bits per heavy atom. The Morgan fingerprint density at radius 2 is 2.17 bits per heavy atom. The summed E-state index contributed by atoms with van der Waals surface area (Å²) in [5.74, 6) is 1.03. The van der Waals surface area contributed by atoms with Crippen LogP contribution in [0, 0.1) is 6.92 Å². The largest absolute Gasteiger partial charge is 0.375 e. The van der Waals surface area contributed by atoms with Crippen molar-refractivity contribution in [3.8, 4) is 0 Å². The third-order valence-corrected chi connectivity index (χ3v) is 2.56. The van der Waals surface area contributed by atoms with Gasteiger partial charge in [0.15, 0.2) is 0 Å². The highest BCUT2D eigenvalue weighted by Gasteiger charge is 2.08. The van der Waals surface area contributed by atoms with Gasteiger partial charge in [0.2, 0.25) is 0 Å². The Labute approximate surface area is 80.0 Å². The lowest BCUT2D eigenvalue weighted by Crippen LogP contribution is -1.87. The number of fused-ring (bicyclic) bond motifs is 1. The van der Waals surface area contributed by atoms with Gasteiger partial charge in [0, 0.05) is 12.0 Å². The van der Waals surface area contributed by atoms with Crippen LogP contribution in [-0.4, -0.2) is 5.88 Å². The minimum absolute atomic E-state index is 0. The Morgan fingerprint density at radius 1 is 1.42 bits per heavy atom. The molecule has 0 aliphatic carbocycles. The minimum Gasteiger partial charge on any atom is -0.375 e. The topological polar surface area (TPSA) is 12.0 Å². The van der Waals surface area contributed by atoms with E-state index in [0.717, 1.165) is 5.88 Å². The summed E-state index contributed by atoms with van der Waals surface area (Å²) in [6.07, 6.45) is 0. The number of rotatable bonds is 0. The van der Waals surface area contributed by atoms with Crippen molar-refractivity contribution < 1.29 is 1.43 Å². The molecule has 68 valence electrons. The Hall–Kier alpha value is -0.630. The molecule has 12 heavy (non-hydrogen) atoms. The first-order valence-electron chi connectivity index (χ1n) is 4.33. The first-order valence-corrected chi connectivity index (χ1v) is 5.32. The molecule has 0 fully saturated rings. The van der Waals surface area contributed by atoms with Gasteiger partial charge in [-0.15, -0.1) is 11.8 Å². The van der Waals surface area contributed by atoms with Gasteiger partial charge >= 0.3 is 0 Å². The number of aryl methyl sites for hydroxylation is 1. The maximum Gasteiger partial charge on any atom is 0.0658 e. The van der Waals surface area contributed by atoms with Gasteiger partial charge in [-0.1, -0.05) is 19.9 Å². The van der Waals surface area contributed by atoms with E-state index >= 15 is 0 Å². The highest BCUT2D eigenvalue weighted by molar-refractivity contribution is 7.99. The van der Waals surface area contributed by atoms with E-state index in [-0.39, 0.29) is 1.43 Å². The van der Waals surface area contributed by atoms with Crippen molar-refractivity contribution in [2.45, 2.75) is 25.7 Å². The molecule has 0 amide bonds. The van der Waals surface area contributed by atoms with Crippen LogP contribution in [0.2, 0.25) is 0 Å². The molecule has 1 aliphatic heterocycles. The van der Waals surface area contributed by atoms with Gasteiger partial charge in [-0.05, 0) is 24.6 Å². The van der Waals surface area contributed by atoms with Gasteiger partial charge in [-0.25, -0.2) is 0 Å². The summed E-state index contributed by atoms with van der Waals surface area (Å²) < 4.78 is 0. The second kappa shape index (κ2) is 4.41. The monoisotopic (exact) mass is 183 g/mol. The van der Waals surface area contributed by atoms with Crippen LogP contribution in [0.4, 0.5) is 5.69 Å². The minimum atomic E-state index is 0. The van der Waals surface area contributed by atoms with Crippen molar-refractivity contribution in [2.75, 3.05) is 11.2 Å². The lowest BCUT2D eigenvalue weighted by atomic mass is 10.2. The molecule has 0 saturated heterocycles. The van der Waals surface area contributed by atoms with Crippen LogP contribution in [0.25, 0.3) is 0 Å². The van der Waals surface area contributed by atoms with Crippen LogP contribution in [-0.2, 0) is 0 Å². The number of benzene rings is 1. The fourth-order valence-electron chi connectivity index (χ4n) is 1.09. The predicted molar refractivity (Wildman–Crippen MR) is 59.0 cm³/mol. The van der Waals surface area contributed by atoms with Gasteiger partial charge in [-0.2, -0.15) is 0 Å². The smallest absolute Gasteiger partial charge is 0.0658 e. The number of nitrogens with one attached hydrogen (secondary N) is 1. The van der Waals surface area contributed by atoms with Crippen LogP contribution >= 0.6 is 11.8 Å². The molecule has 0 spiro atoms. The number of thioether (sulfide) groups is 1. The SMILES string of the molecule is CC.Cc1ccc2c(c1)SCN2.[HH]. The lowest BCUT2D eigenvalue weighted by Gasteiger charge is -1.97. The number of hydrogen-bond acceptors (Lipinski definition) is 2. The summed E-state index contributed by atoms with van der Waals surface area (Å²) in [6, 6.07) is 6.50. The summed E-state index contributed by atoms with van der Waals surface area (Å²) in [6.45, 7) is 6.12. The second-order valence-electron chi connectivity index (χ2n) is 2.47. The van der Waals surface area contributed by atoms with Crippen molar-refractivity contribution >= 4 is 17.4 Å². The molecule has 2 rings (SSSR count). The molecule has 0 saturated carbocycles. The third-order valence-electron chi connectivity index (χ3n) is 1.63. The van der Waals surface area contributed by atoms with E-state index in [2.05, 4.69) is 30.4 Å². The Balaban J connectivity index is 0.000000451. The molecule has 0 atom stereocenters. The van der Waals surface area contributed by atoms with E-state index in [0.29, 0.717) is 0 Å². The maximum absolute atomic E-state index is 3.29. The molecule has 0 radical (unpaired) electrons. The molecule has 1 aromatic carbocycles. The highest BCUT2D eigenvalue weighted by Crippen LogP contribution is 2.33. The second-order valence-corrected chi connectivity index (χ2v) is 3.48. The van der Waals surface area contributed by atoms with Crippen LogP contribution in [0.15, 0.2) is 23.1 Å². The van der Waals surface area contributed by atoms with E-state index in [1.54, 1.807) is 0 Å². The summed E-state index contributed by atoms with van der Waals surface area (Å²) in [4.78, 5) is 1.39. The van der Waals surface area contributed by atoms with Gasteiger partial charge in [0.05, 0.1) is 5.88 Å². The quantitative estimate of drug-likeness (QED) is 0.657. The molecule has 1 heterocycles. The molecular formula is C10H17NS. The van der Waals surface area contributed by atoms with Crippen molar-refractivity contribution in [2.24, 2.45) is 0 Å². The molecule has 0 aromatic heterocycles. The van der Waals surface area contributed by atoms with E-state index in [1.165, 1.54) is 16.1 Å². The molecule has 1 nitrogen and oxygen atoms in total. The number of anilines is 1. The molecule has 1 N–H and O–H groups in total. The summed E-state index contributed by atoms with van der Waals surface area (Å²) in [5.41, 5.74) is 2.63. The first-order chi connectivity index (χ1) is 5.86.